The second-order valence-corrected chi connectivity index (χ2v) is 5.37. The lowest BCUT2D eigenvalue weighted by Gasteiger charge is -2.12. The summed E-state index contributed by atoms with van der Waals surface area (Å²) in [6.45, 7) is 4.11. The third kappa shape index (κ3) is 3.48. The van der Waals surface area contributed by atoms with Crippen LogP contribution in [0, 0.1) is 5.92 Å². The lowest BCUT2D eigenvalue weighted by atomic mass is 9.98. The van der Waals surface area contributed by atoms with Gasteiger partial charge in [0.2, 0.25) is 0 Å². The van der Waals surface area contributed by atoms with Gasteiger partial charge in [0.05, 0.1) is 24.7 Å². The molecule has 0 N–H and O–H groups in total. The van der Waals surface area contributed by atoms with E-state index >= 15 is 0 Å². The Balaban J connectivity index is 2.25. The van der Waals surface area contributed by atoms with Crippen molar-refractivity contribution in [3.8, 4) is 5.75 Å². The fourth-order valence-electron chi connectivity index (χ4n) is 2.33. The maximum absolute atomic E-state index is 11.7. The van der Waals surface area contributed by atoms with E-state index in [1.807, 2.05) is 38.1 Å². The van der Waals surface area contributed by atoms with E-state index in [0.29, 0.717) is 23.8 Å². The van der Waals surface area contributed by atoms with Gasteiger partial charge >= 0.3 is 5.97 Å². The van der Waals surface area contributed by atoms with Crippen molar-refractivity contribution in [2.75, 3.05) is 13.7 Å². The summed E-state index contributed by atoms with van der Waals surface area (Å²) in [6.07, 6.45) is 0.651. The van der Waals surface area contributed by atoms with Crippen LogP contribution >= 0.6 is 11.6 Å². The lowest BCUT2D eigenvalue weighted by molar-refractivity contribution is -0.147. The Morgan fingerprint density at radius 2 is 2.05 bits per heavy atom. The van der Waals surface area contributed by atoms with Crippen molar-refractivity contribution >= 4 is 28.3 Å². The number of carbonyl (C=O) groups excluding carboxylic acids is 1. The molecule has 2 aromatic rings. The molecule has 0 saturated heterocycles. The highest BCUT2D eigenvalue weighted by Crippen LogP contribution is 2.33. The Hall–Kier alpha value is -1.74. The maximum atomic E-state index is 11.7. The minimum Gasteiger partial charge on any atom is -0.495 e. The molecule has 0 aromatic heterocycles. The normalized spacial score (nSPS) is 12.2. The van der Waals surface area contributed by atoms with E-state index in [1.54, 1.807) is 7.11 Å². The van der Waals surface area contributed by atoms with Crippen LogP contribution in [0.1, 0.15) is 19.4 Å². The van der Waals surface area contributed by atoms with Crippen LogP contribution in [0.25, 0.3) is 10.8 Å². The molecular formula is C17H19ClO3. The lowest BCUT2D eigenvalue weighted by Crippen LogP contribution is -2.16. The highest BCUT2D eigenvalue weighted by Gasteiger charge is 2.15. The molecular weight excluding hydrogens is 288 g/mol. The largest absolute Gasteiger partial charge is 0.495 e. The number of benzene rings is 2. The second-order valence-electron chi connectivity index (χ2n) is 4.99. The standard InChI is InChI=1S/C17H19ClO3/c1-4-21-17(19)11(2)9-12-5-7-14-13(10-12)6-8-15(20-3)16(14)18/h5-8,10-11H,4,9H2,1-3H3. The summed E-state index contributed by atoms with van der Waals surface area (Å²) in [5.74, 6) is 0.346. The van der Waals surface area contributed by atoms with Crippen LogP contribution in [0.4, 0.5) is 0 Å². The van der Waals surface area contributed by atoms with Crippen LogP contribution in [-0.2, 0) is 16.0 Å². The minimum absolute atomic E-state index is 0.156. The second kappa shape index (κ2) is 6.81. The van der Waals surface area contributed by atoms with Crippen LogP contribution in [0.5, 0.6) is 5.75 Å². The summed E-state index contributed by atoms with van der Waals surface area (Å²) >= 11 is 6.29. The highest BCUT2D eigenvalue weighted by molar-refractivity contribution is 6.37. The van der Waals surface area contributed by atoms with Gasteiger partial charge in [-0.1, -0.05) is 42.8 Å². The number of rotatable bonds is 5. The van der Waals surface area contributed by atoms with E-state index in [2.05, 4.69) is 6.07 Å². The molecule has 0 radical (unpaired) electrons. The maximum Gasteiger partial charge on any atom is 0.308 e. The smallest absolute Gasteiger partial charge is 0.308 e. The number of hydrogen-bond acceptors (Lipinski definition) is 3. The summed E-state index contributed by atoms with van der Waals surface area (Å²) < 4.78 is 10.2. The van der Waals surface area contributed by atoms with Crippen LogP contribution < -0.4 is 4.74 Å². The van der Waals surface area contributed by atoms with Crippen molar-refractivity contribution in [1.29, 1.82) is 0 Å². The van der Waals surface area contributed by atoms with Crippen LogP contribution in [0.3, 0.4) is 0 Å². The molecule has 0 aliphatic rings. The van der Waals surface area contributed by atoms with Gasteiger partial charge in [0.1, 0.15) is 5.75 Å². The van der Waals surface area contributed by atoms with Gasteiger partial charge in [0.15, 0.2) is 0 Å². The van der Waals surface area contributed by atoms with E-state index < -0.39 is 0 Å². The number of fused-ring (bicyclic) bond motifs is 1. The topological polar surface area (TPSA) is 35.5 Å². The molecule has 2 aromatic carbocycles. The molecule has 4 heteroatoms. The van der Waals surface area contributed by atoms with Gasteiger partial charge in [-0.3, -0.25) is 4.79 Å². The first kappa shape index (κ1) is 15.6. The van der Waals surface area contributed by atoms with Crippen molar-refractivity contribution in [2.24, 2.45) is 5.92 Å². The fraction of sp³-hybridized carbons (Fsp3) is 0.353. The molecule has 3 nitrogen and oxygen atoms in total. The minimum atomic E-state index is -0.162. The first-order valence-corrected chi connectivity index (χ1v) is 7.36. The number of ether oxygens (including phenoxy) is 2. The third-order valence-electron chi connectivity index (χ3n) is 3.43. The molecule has 0 heterocycles. The zero-order valence-corrected chi connectivity index (χ0v) is 13.2. The van der Waals surface area contributed by atoms with Crippen LogP contribution in [-0.4, -0.2) is 19.7 Å². The number of carbonyl (C=O) groups is 1. The van der Waals surface area contributed by atoms with E-state index in [9.17, 15) is 4.79 Å². The van der Waals surface area contributed by atoms with E-state index in [1.165, 1.54) is 0 Å². The summed E-state index contributed by atoms with van der Waals surface area (Å²) in [6, 6.07) is 9.83. The molecule has 1 unspecified atom stereocenters. The Labute approximate surface area is 129 Å². The van der Waals surface area contributed by atoms with E-state index in [-0.39, 0.29) is 11.9 Å². The highest BCUT2D eigenvalue weighted by atomic mass is 35.5. The summed E-state index contributed by atoms with van der Waals surface area (Å²) in [7, 11) is 1.60. The molecule has 0 aliphatic heterocycles. The zero-order chi connectivity index (χ0) is 15.4. The number of methoxy groups -OCH3 is 1. The van der Waals surface area contributed by atoms with Crippen molar-refractivity contribution in [3.63, 3.8) is 0 Å². The fourth-order valence-corrected chi connectivity index (χ4v) is 2.64. The SMILES string of the molecule is CCOC(=O)C(C)Cc1ccc2c(Cl)c(OC)ccc2c1. The molecule has 0 bridgehead atoms. The molecule has 0 amide bonds. The first-order valence-electron chi connectivity index (χ1n) is 6.98. The average molecular weight is 307 g/mol. The number of halogens is 1. The van der Waals surface area contributed by atoms with Gasteiger partial charge in [-0.2, -0.15) is 0 Å². The van der Waals surface area contributed by atoms with Crippen LogP contribution in [0.15, 0.2) is 30.3 Å². The van der Waals surface area contributed by atoms with Gasteiger partial charge in [0.25, 0.3) is 0 Å². The Morgan fingerprint density at radius 3 is 2.71 bits per heavy atom. The quantitative estimate of drug-likeness (QED) is 0.775. The van der Waals surface area contributed by atoms with Gasteiger partial charge in [-0.15, -0.1) is 0 Å². The van der Waals surface area contributed by atoms with Crippen LogP contribution in [0.2, 0.25) is 5.02 Å². The summed E-state index contributed by atoms with van der Waals surface area (Å²) in [5.41, 5.74) is 1.09. The third-order valence-corrected chi connectivity index (χ3v) is 3.82. The molecule has 0 fully saturated rings. The van der Waals surface area contributed by atoms with E-state index in [4.69, 9.17) is 21.1 Å². The predicted octanol–water partition coefficient (Wildman–Crippen LogP) is 4.24. The molecule has 0 saturated carbocycles. The predicted molar refractivity (Wildman–Crippen MR) is 85.0 cm³/mol. The molecule has 112 valence electrons. The molecule has 21 heavy (non-hydrogen) atoms. The molecule has 2 rings (SSSR count). The molecule has 0 spiro atoms. The Kier molecular flexibility index (Phi) is 5.07. The van der Waals surface area contributed by atoms with Gasteiger partial charge in [-0.25, -0.2) is 0 Å². The Bertz CT molecular complexity index is 652. The molecule has 1 atom stereocenters. The van der Waals surface area contributed by atoms with Crippen molar-refractivity contribution in [2.45, 2.75) is 20.3 Å². The first-order chi connectivity index (χ1) is 10.1. The monoisotopic (exact) mass is 306 g/mol. The number of hydrogen-bond donors (Lipinski definition) is 0. The van der Waals surface area contributed by atoms with Gasteiger partial charge in [-0.05, 0) is 30.4 Å². The van der Waals surface area contributed by atoms with Gasteiger partial charge in [0, 0.05) is 5.39 Å². The summed E-state index contributed by atoms with van der Waals surface area (Å²) in [5, 5.41) is 2.60. The van der Waals surface area contributed by atoms with E-state index in [0.717, 1.165) is 16.3 Å². The average Bonchev–Trinajstić information content (AvgIpc) is 2.48. The summed E-state index contributed by atoms with van der Waals surface area (Å²) in [4.78, 5) is 11.7. The number of esters is 1. The zero-order valence-electron chi connectivity index (χ0n) is 12.5. The Morgan fingerprint density at radius 1 is 1.29 bits per heavy atom. The molecule has 0 aliphatic carbocycles. The van der Waals surface area contributed by atoms with Crippen molar-refractivity contribution in [1.82, 2.24) is 0 Å². The van der Waals surface area contributed by atoms with Crippen molar-refractivity contribution in [3.05, 3.63) is 40.9 Å². The van der Waals surface area contributed by atoms with Gasteiger partial charge < -0.3 is 9.47 Å². The van der Waals surface area contributed by atoms with Crippen molar-refractivity contribution < 1.29 is 14.3 Å².